The Morgan fingerprint density at radius 1 is 0.957 bits per heavy atom. The average Bonchev–Trinajstić information content (AvgIpc) is 2.33. The zero-order valence-electron chi connectivity index (χ0n) is 16.4. The molecule has 0 aliphatic rings. The maximum absolute atomic E-state index is 11.6. The molecule has 0 fully saturated rings. The van der Waals surface area contributed by atoms with E-state index in [0.717, 1.165) is 0 Å². The lowest BCUT2D eigenvalue weighted by Crippen LogP contribution is -2.54. The van der Waals surface area contributed by atoms with Crippen LogP contribution in [0.2, 0.25) is 45.3 Å². The maximum atomic E-state index is 11.6. The van der Waals surface area contributed by atoms with Crippen molar-refractivity contribution in [1.29, 1.82) is 0 Å². The first-order valence-electron chi connectivity index (χ1n) is 8.53. The molecule has 0 aromatic heterocycles. The van der Waals surface area contributed by atoms with E-state index in [9.17, 15) is 4.79 Å². The fraction of sp³-hybridized carbons (Fsp3) is 0.812. The van der Waals surface area contributed by atoms with E-state index in [1.807, 2.05) is 0 Å². The molecule has 0 unspecified atom stereocenters. The van der Waals surface area contributed by atoms with Gasteiger partial charge >= 0.3 is 14.5 Å². The van der Waals surface area contributed by atoms with Crippen molar-refractivity contribution in [3.8, 4) is 0 Å². The molecular formula is C16H36O4Si3. The first-order chi connectivity index (χ1) is 10.3. The van der Waals surface area contributed by atoms with Gasteiger partial charge in [0.2, 0.25) is 8.32 Å². The number of esters is 1. The number of rotatable bonds is 11. The second kappa shape index (κ2) is 9.31. The lowest BCUT2D eigenvalue weighted by Gasteiger charge is -2.38. The van der Waals surface area contributed by atoms with E-state index in [4.69, 9.17) is 13.0 Å². The fourth-order valence-corrected chi connectivity index (χ4v) is 16.0. The van der Waals surface area contributed by atoms with Crippen LogP contribution in [0.4, 0.5) is 0 Å². The Labute approximate surface area is 146 Å². The Kier molecular flexibility index (Phi) is 9.22. The molecule has 4 nitrogen and oxygen atoms in total. The van der Waals surface area contributed by atoms with Crippen LogP contribution in [0.1, 0.15) is 33.1 Å². The summed E-state index contributed by atoms with van der Waals surface area (Å²) < 4.78 is 18.2. The zero-order valence-corrected chi connectivity index (χ0v) is 19.4. The Morgan fingerprint density at radius 3 is 1.96 bits per heavy atom. The molecule has 0 heterocycles. The van der Waals surface area contributed by atoms with E-state index in [-0.39, 0.29) is 5.97 Å². The Bertz CT molecular complexity index is 406. The van der Waals surface area contributed by atoms with Crippen LogP contribution in [0, 0.1) is 0 Å². The first kappa shape index (κ1) is 22.8. The van der Waals surface area contributed by atoms with Crippen LogP contribution in [-0.4, -0.2) is 37.4 Å². The number of unbranched alkanes of at least 4 members (excludes halogenated alkanes) is 2. The van der Waals surface area contributed by atoms with Crippen molar-refractivity contribution in [3.63, 3.8) is 0 Å². The van der Waals surface area contributed by atoms with Gasteiger partial charge < -0.3 is 13.0 Å². The molecule has 0 saturated carbocycles. The minimum Gasteiger partial charge on any atom is -0.463 e. The molecular weight excluding hydrogens is 340 g/mol. The number of ether oxygens (including phenoxy) is 1. The monoisotopic (exact) mass is 376 g/mol. The molecule has 0 amide bonds. The van der Waals surface area contributed by atoms with Crippen molar-refractivity contribution in [1.82, 2.24) is 0 Å². The van der Waals surface area contributed by atoms with E-state index >= 15 is 0 Å². The highest BCUT2D eigenvalue weighted by Gasteiger charge is 2.40. The quantitative estimate of drug-likeness (QED) is 0.221. The number of hydrogen-bond donors (Lipinski definition) is 0. The van der Waals surface area contributed by atoms with Crippen LogP contribution in [0.3, 0.4) is 0 Å². The molecule has 0 spiro atoms. The highest BCUT2D eigenvalue weighted by Crippen LogP contribution is 2.24. The van der Waals surface area contributed by atoms with Gasteiger partial charge in [-0.3, -0.25) is 0 Å². The summed E-state index contributed by atoms with van der Waals surface area (Å²) >= 11 is 0. The van der Waals surface area contributed by atoms with Crippen molar-refractivity contribution in [2.75, 3.05) is 6.23 Å². The van der Waals surface area contributed by atoms with Crippen LogP contribution in [-0.2, 0) is 17.8 Å². The maximum Gasteiger partial charge on any atom is 0.332 e. The van der Waals surface area contributed by atoms with Crippen LogP contribution < -0.4 is 0 Å². The number of carbonyl (C=O) groups excluding carboxylic acids is 1. The molecule has 0 aromatic carbocycles. The Hall–Kier alpha value is -0.219. The summed E-state index contributed by atoms with van der Waals surface area (Å²) in [6.45, 7) is 20.4. The van der Waals surface area contributed by atoms with Gasteiger partial charge in [-0.05, 0) is 52.2 Å². The van der Waals surface area contributed by atoms with Crippen LogP contribution >= 0.6 is 0 Å². The van der Waals surface area contributed by atoms with Gasteiger partial charge in [-0.2, -0.15) is 0 Å². The zero-order chi connectivity index (χ0) is 18.3. The molecule has 7 heteroatoms. The van der Waals surface area contributed by atoms with Gasteiger partial charge in [-0.1, -0.05) is 32.8 Å². The predicted octanol–water partition coefficient (Wildman–Crippen LogP) is 4.98. The molecule has 0 radical (unpaired) electrons. The Morgan fingerprint density at radius 2 is 1.48 bits per heavy atom. The molecule has 0 N–H and O–H groups in total. The SMILES string of the molecule is C=C(C)C(=O)OC[Si](C)(C)O[Si](C)(C)O[Si](C)(C)CCCCC. The smallest absolute Gasteiger partial charge is 0.332 e. The van der Waals surface area contributed by atoms with Crippen molar-refractivity contribution in [2.24, 2.45) is 0 Å². The number of carbonyl (C=O) groups is 1. The topological polar surface area (TPSA) is 44.8 Å². The molecule has 0 aliphatic heterocycles. The van der Waals surface area contributed by atoms with Crippen molar-refractivity contribution < 1.29 is 17.8 Å². The van der Waals surface area contributed by atoms with E-state index < -0.39 is 25.2 Å². The largest absolute Gasteiger partial charge is 0.463 e. The molecule has 0 aromatic rings. The van der Waals surface area contributed by atoms with Crippen molar-refractivity contribution in [2.45, 2.75) is 78.4 Å². The summed E-state index contributed by atoms with van der Waals surface area (Å²) in [6.07, 6.45) is 4.07. The van der Waals surface area contributed by atoms with E-state index in [1.54, 1.807) is 6.92 Å². The fourth-order valence-electron chi connectivity index (χ4n) is 2.60. The molecule has 0 bridgehead atoms. The molecule has 0 aliphatic carbocycles. The molecule has 136 valence electrons. The number of hydrogen-bond acceptors (Lipinski definition) is 4. The lowest BCUT2D eigenvalue weighted by atomic mass is 10.3. The normalized spacial score (nSPS) is 13.0. The third kappa shape index (κ3) is 11.0. The minimum atomic E-state index is -2.22. The molecule has 23 heavy (non-hydrogen) atoms. The first-order valence-corrected chi connectivity index (χ1v) is 17.6. The lowest BCUT2D eigenvalue weighted by molar-refractivity contribution is -0.137. The highest BCUT2D eigenvalue weighted by molar-refractivity contribution is 6.87. The third-order valence-corrected chi connectivity index (χ3v) is 14.1. The summed E-state index contributed by atoms with van der Waals surface area (Å²) in [6, 6.07) is 1.17. The average molecular weight is 377 g/mol. The molecule has 0 atom stereocenters. The minimum absolute atomic E-state index is 0.344. The summed E-state index contributed by atoms with van der Waals surface area (Å²) in [5.74, 6) is -0.344. The van der Waals surface area contributed by atoms with Gasteiger partial charge in [0.25, 0.3) is 0 Å². The van der Waals surface area contributed by atoms with Gasteiger partial charge in [0.05, 0.1) is 0 Å². The van der Waals surface area contributed by atoms with Crippen LogP contribution in [0.5, 0.6) is 0 Å². The Balaban J connectivity index is 4.57. The van der Waals surface area contributed by atoms with Gasteiger partial charge in [0, 0.05) is 5.57 Å². The van der Waals surface area contributed by atoms with E-state index in [0.29, 0.717) is 11.8 Å². The summed E-state index contributed by atoms with van der Waals surface area (Å²) in [7, 11) is -6.04. The van der Waals surface area contributed by atoms with Crippen molar-refractivity contribution in [3.05, 3.63) is 12.2 Å². The second-order valence-corrected chi connectivity index (χ2v) is 20.2. The third-order valence-electron chi connectivity index (χ3n) is 3.33. The predicted molar refractivity (Wildman–Crippen MR) is 105 cm³/mol. The summed E-state index contributed by atoms with van der Waals surface area (Å²) in [4.78, 5) is 11.6. The second-order valence-electron chi connectivity index (χ2n) is 7.94. The van der Waals surface area contributed by atoms with Crippen LogP contribution in [0.25, 0.3) is 0 Å². The van der Waals surface area contributed by atoms with E-state index in [1.165, 1.54) is 25.3 Å². The standard InChI is InChI=1S/C16H36O4Si3/c1-10-11-12-13-21(4,5)19-23(8,9)20-22(6,7)14-18-16(17)15(2)3/h2,10-14H2,1,3-9H3. The molecule has 0 rings (SSSR count). The van der Waals surface area contributed by atoms with Crippen LogP contribution in [0.15, 0.2) is 12.2 Å². The highest BCUT2D eigenvalue weighted by atomic mass is 28.5. The molecule has 0 saturated heterocycles. The van der Waals surface area contributed by atoms with Gasteiger partial charge in [0.1, 0.15) is 6.23 Å². The van der Waals surface area contributed by atoms with E-state index in [2.05, 4.69) is 52.8 Å². The van der Waals surface area contributed by atoms with Crippen molar-refractivity contribution >= 4 is 31.2 Å². The summed E-state index contributed by atoms with van der Waals surface area (Å²) in [5.41, 5.74) is 0.423. The van der Waals surface area contributed by atoms with Gasteiger partial charge in [-0.25, -0.2) is 4.79 Å². The van der Waals surface area contributed by atoms with Gasteiger partial charge in [-0.15, -0.1) is 0 Å². The summed E-state index contributed by atoms with van der Waals surface area (Å²) in [5, 5.41) is 0. The van der Waals surface area contributed by atoms with Gasteiger partial charge in [0.15, 0.2) is 8.32 Å².